The Labute approximate surface area is 174 Å². The Kier molecular flexibility index (Phi) is 7.80. The van der Waals surface area contributed by atoms with Crippen LogP contribution in [0.4, 0.5) is 8.78 Å². The van der Waals surface area contributed by atoms with Gasteiger partial charge in [0.05, 0.1) is 11.6 Å². The summed E-state index contributed by atoms with van der Waals surface area (Å²) < 4.78 is 33.3. The average Bonchev–Trinajstić information content (AvgIpc) is 2.70. The van der Waals surface area contributed by atoms with E-state index in [-0.39, 0.29) is 24.0 Å². The third-order valence-corrected chi connectivity index (χ3v) is 5.22. The van der Waals surface area contributed by atoms with Crippen LogP contribution in [0.25, 0.3) is 11.1 Å². The smallest absolute Gasteiger partial charge is 0.142 e. The molecule has 3 rings (SSSR count). The Balaban J connectivity index is 1.55. The lowest BCUT2D eigenvalue weighted by atomic mass is 10.1. The zero-order valence-electron chi connectivity index (χ0n) is 16.0. The highest BCUT2D eigenvalue weighted by atomic mass is 35.5. The van der Waals surface area contributed by atoms with E-state index < -0.39 is 17.7 Å². The topological polar surface area (TPSA) is 56.2 Å². The van der Waals surface area contributed by atoms with E-state index in [1.165, 1.54) is 24.3 Å². The summed E-state index contributed by atoms with van der Waals surface area (Å²) in [5.41, 5.74) is 0.947. The van der Waals surface area contributed by atoms with Gasteiger partial charge in [-0.1, -0.05) is 17.7 Å². The van der Waals surface area contributed by atoms with Crippen molar-refractivity contribution in [1.29, 1.82) is 0 Å². The molecule has 0 radical (unpaired) electrons. The molecule has 1 aliphatic rings. The summed E-state index contributed by atoms with van der Waals surface area (Å²) in [6.45, 7) is 4.60. The van der Waals surface area contributed by atoms with E-state index in [1.54, 1.807) is 12.1 Å². The van der Waals surface area contributed by atoms with Gasteiger partial charge in [-0.3, -0.25) is 9.80 Å². The Hall–Kier alpha value is -1.77. The minimum Gasteiger partial charge on any atom is -0.491 e. The number of hydrogen-bond donors (Lipinski definition) is 2. The summed E-state index contributed by atoms with van der Waals surface area (Å²) in [4.78, 5) is 4.31. The second-order valence-electron chi connectivity index (χ2n) is 7.14. The summed E-state index contributed by atoms with van der Waals surface area (Å²) in [5.74, 6) is -0.824. The molecule has 2 N–H and O–H groups in total. The third-order valence-electron chi connectivity index (χ3n) is 4.92. The molecule has 0 aromatic heterocycles. The highest BCUT2D eigenvalue weighted by molar-refractivity contribution is 6.30. The van der Waals surface area contributed by atoms with Gasteiger partial charge in [-0.2, -0.15) is 0 Å². The first-order chi connectivity index (χ1) is 13.9. The van der Waals surface area contributed by atoms with Crippen LogP contribution in [0.3, 0.4) is 0 Å². The largest absolute Gasteiger partial charge is 0.491 e. The number of nitrogens with zero attached hydrogens (tertiary/aromatic N) is 2. The Morgan fingerprint density at radius 2 is 1.72 bits per heavy atom. The molecule has 5 nitrogen and oxygen atoms in total. The maximum absolute atomic E-state index is 14.0. The maximum atomic E-state index is 14.0. The number of aliphatic hydroxyl groups is 2. The number of halogens is 3. The molecule has 158 valence electrons. The number of benzene rings is 2. The van der Waals surface area contributed by atoms with Crippen LogP contribution in [0.5, 0.6) is 5.75 Å². The predicted octanol–water partition coefficient (Wildman–Crippen LogP) is 2.63. The van der Waals surface area contributed by atoms with Gasteiger partial charge < -0.3 is 14.9 Å². The van der Waals surface area contributed by atoms with Crippen LogP contribution in [0.15, 0.2) is 36.4 Å². The average molecular weight is 427 g/mol. The molecule has 1 aliphatic heterocycles. The van der Waals surface area contributed by atoms with Gasteiger partial charge in [-0.05, 0) is 35.4 Å². The van der Waals surface area contributed by atoms with E-state index >= 15 is 0 Å². The molecular formula is C21H25ClF2N2O3. The van der Waals surface area contributed by atoms with Crippen molar-refractivity contribution in [3.05, 3.63) is 53.1 Å². The SMILES string of the molecule is OCCN1CCN(CC(O)COc2cc(F)cc(-c3ccc(Cl)c(F)c3)c2)CC1. The highest BCUT2D eigenvalue weighted by Crippen LogP contribution is 2.28. The van der Waals surface area contributed by atoms with Crippen molar-refractivity contribution in [2.24, 2.45) is 0 Å². The monoisotopic (exact) mass is 426 g/mol. The normalized spacial score (nSPS) is 16.7. The van der Waals surface area contributed by atoms with E-state index in [4.69, 9.17) is 21.4 Å². The molecule has 2 aromatic carbocycles. The second kappa shape index (κ2) is 10.3. The highest BCUT2D eigenvalue weighted by Gasteiger charge is 2.19. The van der Waals surface area contributed by atoms with Crippen molar-refractivity contribution in [1.82, 2.24) is 9.80 Å². The van der Waals surface area contributed by atoms with Crippen LogP contribution in [0.2, 0.25) is 5.02 Å². The van der Waals surface area contributed by atoms with E-state index in [1.807, 2.05) is 0 Å². The molecule has 0 amide bonds. The molecule has 2 aromatic rings. The molecule has 0 saturated carbocycles. The van der Waals surface area contributed by atoms with Crippen LogP contribution < -0.4 is 4.74 Å². The molecule has 8 heteroatoms. The molecule has 1 fully saturated rings. The minimum atomic E-state index is -0.723. The van der Waals surface area contributed by atoms with Crippen LogP contribution in [-0.2, 0) is 0 Å². The quantitative estimate of drug-likeness (QED) is 0.679. The number of piperazine rings is 1. The van der Waals surface area contributed by atoms with Crippen LogP contribution >= 0.6 is 11.6 Å². The van der Waals surface area contributed by atoms with Gasteiger partial charge in [0.25, 0.3) is 0 Å². The molecular weight excluding hydrogens is 402 g/mol. The molecule has 29 heavy (non-hydrogen) atoms. The first kappa shape index (κ1) is 21.9. The van der Waals surface area contributed by atoms with Crippen molar-refractivity contribution < 1.29 is 23.7 Å². The van der Waals surface area contributed by atoms with E-state index in [0.29, 0.717) is 24.2 Å². The summed E-state index contributed by atoms with van der Waals surface area (Å²) in [7, 11) is 0. The van der Waals surface area contributed by atoms with Gasteiger partial charge in [-0.15, -0.1) is 0 Å². The number of β-amino-alcohol motifs (C(OH)–C–C–N with tert-alkyl or cyclic N) is 2. The fourth-order valence-corrected chi connectivity index (χ4v) is 3.49. The van der Waals surface area contributed by atoms with Gasteiger partial charge in [0.1, 0.15) is 30.1 Å². The lowest BCUT2D eigenvalue weighted by Gasteiger charge is -2.35. The first-order valence-electron chi connectivity index (χ1n) is 9.57. The molecule has 1 saturated heterocycles. The number of rotatable bonds is 8. The summed E-state index contributed by atoms with van der Waals surface area (Å²) in [6, 6.07) is 8.39. The molecule has 1 unspecified atom stereocenters. The maximum Gasteiger partial charge on any atom is 0.142 e. The van der Waals surface area contributed by atoms with Gasteiger partial charge in [0.15, 0.2) is 0 Å². The third kappa shape index (κ3) is 6.35. The Morgan fingerprint density at radius 1 is 1.00 bits per heavy atom. The summed E-state index contributed by atoms with van der Waals surface area (Å²) in [5, 5.41) is 19.3. The van der Waals surface area contributed by atoms with Crippen molar-refractivity contribution in [2.45, 2.75) is 6.10 Å². The number of hydrogen-bond acceptors (Lipinski definition) is 5. The minimum absolute atomic E-state index is 0.00180. The van der Waals surface area contributed by atoms with Crippen LogP contribution in [0.1, 0.15) is 0 Å². The number of ether oxygens (including phenoxy) is 1. The van der Waals surface area contributed by atoms with Crippen molar-refractivity contribution in [2.75, 3.05) is 52.5 Å². The second-order valence-corrected chi connectivity index (χ2v) is 7.54. The van der Waals surface area contributed by atoms with Gasteiger partial charge in [0.2, 0.25) is 0 Å². The molecule has 1 atom stereocenters. The molecule has 0 bridgehead atoms. The van der Waals surface area contributed by atoms with Gasteiger partial charge >= 0.3 is 0 Å². The lowest BCUT2D eigenvalue weighted by molar-refractivity contribution is 0.0428. The van der Waals surface area contributed by atoms with Crippen molar-refractivity contribution in [3.63, 3.8) is 0 Å². The predicted molar refractivity (Wildman–Crippen MR) is 108 cm³/mol. The summed E-state index contributed by atoms with van der Waals surface area (Å²) in [6.07, 6.45) is -0.723. The number of aliphatic hydroxyl groups excluding tert-OH is 2. The van der Waals surface area contributed by atoms with E-state index in [9.17, 15) is 13.9 Å². The Morgan fingerprint density at radius 3 is 2.41 bits per heavy atom. The fourth-order valence-electron chi connectivity index (χ4n) is 3.37. The van der Waals surface area contributed by atoms with E-state index in [2.05, 4.69) is 9.80 Å². The molecule has 0 aliphatic carbocycles. The zero-order valence-corrected chi connectivity index (χ0v) is 16.8. The zero-order chi connectivity index (χ0) is 20.8. The Bertz CT molecular complexity index is 817. The van der Waals surface area contributed by atoms with Crippen molar-refractivity contribution >= 4 is 11.6 Å². The molecule has 0 spiro atoms. The lowest BCUT2D eigenvalue weighted by Crippen LogP contribution is -2.49. The van der Waals surface area contributed by atoms with E-state index in [0.717, 1.165) is 26.2 Å². The standard InChI is InChI=1S/C21H25ClF2N2O3/c22-20-2-1-15(11-21(20)24)16-9-17(23)12-19(10-16)29-14-18(28)13-26-5-3-25(4-6-26)7-8-27/h1-2,9-12,18,27-28H,3-8,13-14H2. The first-order valence-corrected chi connectivity index (χ1v) is 9.95. The molecule has 1 heterocycles. The van der Waals surface area contributed by atoms with Gasteiger partial charge in [0, 0.05) is 45.3 Å². The fraction of sp³-hybridized carbons (Fsp3) is 0.429. The van der Waals surface area contributed by atoms with Crippen molar-refractivity contribution in [3.8, 4) is 16.9 Å². The van der Waals surface area contributed by atoms with Crippen LogP contribution in [-0.4, -0.2) is 78.6 Å². The van der Waals surface area contributed by atoms with Gasteiger partial charge in [-0.25, -0.2) is 8.78 Å². The van der Waals surface area contributed by atoms with Crippen LogP contribution in [0, 0.1) is 11.6 Å². The summed E-state index contributed by atoms with van der Waals surface area (Å²) >= 11 is 5.70.